The van der Waals surface area contributed by atoms with E-state index in [0.29, 0.717) is 33.5 Å². The number of ether oxygens (including phenoxy) is 1. The molecule has 8 nitrogen and oxygen atoms in total. The number of imidazole rings is 1. The number of fused-ring (bicyclic) bond motifs is 1. The summed E-state index contributed by atoms with van der Waals surface area (Å²) in [6, 6.07) is 19.4. The Morgan fingerprint density at radius 3 is 2.64 bits per heavy atom. The van der Waals surface area contributed by atoms with E-state index in [4.69, 9.17) is 16.3 Å². The number of carbonyl (C=O) groups excluding carboxylic acids is 2. The van der Waals surface area contributed by atoms with Gasteiger partial charge in [-0.1, -0.05) is 29.8 Å². The average molecular weight is 462 g/mol. The lowest BCUT2D eigenvalue weighted by Gasteiger charge is -2.08. The molecule has 0 bridgehead atoms. The van der Waals surface area contributed by atoms with Crippen LogP contribution in [-0.2, 0) is 4.79 Å². The molecule has 0 saturated carbocycles. The SMILES string of the molecule is Cc1nc2ccccn2c1C(=O)N/N=C\c1ccc(OCC(=O)Nc2ccccc2Cl)cc1. The number of aryl methyl sites for hydroxylation is 1. The number of hydrazone groups is 1. The minimum absolute atomic E-state index is 0.159. The van der Waals surface area contributed by atoms with Crippen molar-refractivity contribution in [3.8, 4) is 5.75 Å². The maximum absolute atomic E-state index is 12.5. The van der Waals surface area contributed by atoms with Gasteiger partial charge in [-0.25, -0.2) is 10.4 Å². The smallest absolute Gasteiger partial charge is 0.290 e. The van der Waals surface area contributed by atoms with Crippen LogP contribution in [0.4, 0.5) is 5.69 Å². The van der Waals surface area contributed by atoms with Crippen LogP contribution in [0.15, 0.2) is 78.0 Å². The van der Waals surface area contributed by atoms with Gasteiger partial charge in [-0.05, 0) is 61.0 Å². The molecule has 0 spiro atoms. The highest BCUT2D eigenvalue weighted by Gasteiger charge is 2.15. The molecule has 4 aromatic rings. The molecule has 0 aliphatic carbocycles. The molecule has 0 fully saturated rings. The molecule has 2 heterocycles. The monoisotopic (exact) mass is 461 g/mol. The molecule has 166 valence electrons. The van der Waals surface area contributed by atoms with Gasteiger partial charge in [0.1, 0.15) is 17.1 Å². The van der Waals surface area contributed by atoms with Crippen LogP contribution >= 0.6 is 11.6 Å². The van der Waals surface area contributed by atoms with Crippen molar-refractivity contribution in [2.75, 3.05) is 11.9 Å². The number of benzene rings is 2. The Labute approximate surface area is 194 Å². The van der Waals surface area contributed by atoms with Gasteiger partial charge in [-0.2, -0.15) is 5.10 Å². The highest BCUT2D eigenvalue weighted by Crippen LogP contribution is 2.20. The molecule has 0 aliphatic rings. The molecule has 0 aliphatic heterocycles. The molecule has 2 amide bonds. The first-order chi connectivity index (χ1) is 16.0. The normalized spacial score (nSPS) is 11.0. The molecular weight excluding hydrogens is 442 g/mol. The number of nitrogens with zero attached hydrogens (tertiary/aromatic N) is 3. The lowest BCUT2D eigenvalue weighted by atomic mass is 10.2. The summed E-state index contributed by atoms with van der Waals surface area (Å²) < 4.78 is 7.22. The van der Waals surface area contributed by atoms with E-state index in [2.05, 4.69) is 20.8 Å². The van der Waals surface area contributed by atoms with E-state index in [1.54, 1.807) is 66.1 Å². The van der Waals surface area contributed by atoms with E-state index >= 15 is 0 Å². The predicted octanol–water partition coefficient (Wildman–Crippen LogP) is 4.08. The predicted molar refractivity (Wildman–Crippen MR) is 127 cm³/mol. The number of carbonyl (C=O) groups is 2. The highest BCUT2D eigenvalue weighted by molar-refractivity contribution is 6.33. The van der Waals surface area contributed by atoms with E-state index in [1.165, 1.54) is 6.21 Å². The van der Waals surface area contributed by atoms with Crippen molar-refractivity contribution in [2.45, 2.75) is 6.92 Å². The Hall–Kier alpha value is -4.17. The Kier molecular flexibility index (Phi) is 6.66. The average Bonchev–Trinajstić information content (AvgIpc) is 3.16. The molecule has 0 atom stereocenters. The number of anilines is 1. The summed E-state index contributed by atoms with van der Waals surface area (Å²) >= 11 is 6.03. The molecule has 33 heavy (non-hydrogen) atoms. The quantitative estimate of drug-likeness (QED) is 0.320. The van der Waals surface area contributed by atoms with Crippen LogP contribution < -0.4 is 15.5 Å². The molecule has 0 radical (unpaired) electrons. The standard InChI is InChI=1S/C24H20ClN5O3/c1-16-23(30-13-5-4-8-21(30)27-16)24(32)29-26-14-17-9-11-18(12-10-17)33-15-22(31)28-20-7-3-2-6-19(20)25/h2-14H,15H2,1H3,(H,28,31)(H,29,32)/b26-14-. The minimum Gasteiger partial charge on any atom is -0.484 e. The van der Waals surface area contributed by atoms with Crippen molar-refractivity contribution in [1.29, 1.82) is 0 Å². The summed E-state index contributed by atoms with van der Waals surface area (Å²) in [7, 11) is 0. The van der Waals surface area contributed by atoms with Crippen molar-refractivity contribution in [3.63, 3.8) is 0 Å². The first-order valence-corrected chi connectivity index (χ1v) is 10.4. The van der Waals surface area contributed by atoms with Gasteiger partial charge < -0.3 is 10.1 Å². The third-order valence-corrected chi connectivity index (χ3v) is 5.03. The van der Waals surface area contributed by atoms with Crippen LogP contribution in [0.2, 0.25) is 5.02 Å². The minimum atomic E-state index is -0.355. The van der Waals surface area contributed by atoms with Crippen LogP contribution in [0.5, 0.6) is 5.75 Å². The number of pyridine rings is 1. The van der Waals surface area contributed by atoms with Crippen molar-refractivity contribution in [1.82, 2.24) is 14.8 Å². The third-order valence-electron chi connectivity index (χ3n) is 4.70. The summed E-state index contributed by atoms with van der Waals surface area (Å²) in [6.07, 6.45) is 3.30. The van der Waals surface area contributed by atoms with Crippen LogP contribution in [-0.4, -0.2) is 34.0 Å². The zero-order valence-electron chi connectivity index (χ0n) is 17.7. The second kappa shape index (κ2) is 9.97. The fourth-order valence-corrected chi connectivity index (χ4v) is 3.34. The zero-order valence-corrected chi connectivity index (χ0v) is 18.4. The number of nitrogens with one attached hydrogen (secondary N) is 2. The Morgan fingerprint density at radius 2 is 1.85 bits per heavy atom. The van der Waals surface area contributed by atoms with E-state index in [9.17, 15) is 9.59 Å². The van der Waals surface area contributed by atoms with E-state index in [0.717, 1.165) is 5.56 Å². The summed E-state index contributed by atoms with van der Waals surface area (Å²) in [6.45, 7) is 1.62. The molecule has 4 rings (SSSR count). The zero-order chi connectivity index (χ0) is 23.2. The number of para-hydroxylation sites is 1. The molecule has 9 heteroatoms. The molecule has 2 aromatic carbocycles. The van der Waals surface area contributed by atoms with Crippen molar-refractivity contribution in [3.05, 3.63) is 94.9 Å². The fraction of sp³-hybridized carbons (Fsp3) is 0.0833. The summed E-state index contributed by atoms with van der Waals surface area (Å²) in [5.41, 5.74) is 5.55. The number of hydrogen-bond acceptors (Lipinski definition) is 5. The Bertz CT molecular complexity index is 1330. The Morgan fingerprint density at radius 1 is 1.09 bits per heavy atom. The first-order valence-electron chi connectivity index (χ1n) is 10.1. The molecule has 0 saturated heterocycles. The van der Waals surface area contributed by atoms with Crippen molar-refractivity contribution in [2.24, 2.45) is 5.10 Å². The second-order valence-electron chi connectivity index (χ2n) is 7.06. The van der Waals surface area contributed by atoms with Gasteiger partial charge in [-0.3, -0.25) is 14.0 Å². The summed E-state index contributed by atoms with van der Waals surface area (Å²) in [5, 5.41) is 7.17. The van der Waals surface area contributed by atoms with Crippen LogP contribution in [0, 0.1) is 6.92 Å². The molecule has 0 unspecified atom stereocenters. The van der Waals surface area contributed by atoms with Crippen LogP contribution in [0.1, 0.15) is 21.7 Å². The van der Waals surface area contributed by atoms with Crippen LogP contribution in [0.3, 0.4) is 0 Å². The fourth-order valence-electron chi connectivity index (χ4n) is 3.15. The number of aromatic nitrogens is 2. The number of amides is 2. The largest absolute Gasteiger partial charge is 0.484 e. The topological polar surface area (TPSA) is 97.1 Å². The number of rotatable bonds is 7. The van der Waals surface area contributed by atoms with E-state index in [-0.39, 0.29) is 18.4 Å². The maximum Gasteiger partial charge on any atom is 0.290 e. The Balaban J connectivity index is 1.30. The maximum atomic E-state index is 12.5. The lowest BCUT2D eigenvalue weighted by molar-refractivity contribution is -0.118. The highest BCUT2D eigenvalue weighted by atomic mass is 35.5. The third kappa shape index (κ3) is 5.36. The van der Waals surface area contributed by atoms with Gasteiger partial charge in [0, 0.05) is 6.20 Å². The summed E-state index contributed by atoms with van der Waals surface area (Å²) in [4.78, 5) is 29.0. The second-order valence-corrected chi connectivity index (χ2v) is 7.47. The van der Waals surface area contributed by atoms with E-state index < -0.39 is 0 Å². The van der Waals surface area contributed by atoms with Gasteiger partial charge in [0.25, 0.3) is 11.8 Å². The van der Waals surface area contributed by atoms with E-state index in [1.807, 2.05) is 18.2 Å². The summed E-state index contributed by atoms with van der Waals surface area (Å²) in [5.74, 6) is -0.155. The van der Waals surface area contributed by atoms with Gasteiger partial charge >= 0.3 is 0 Å². The number of halogens is 1. The first kappa shape index (κ1) is 22.0. The van der Waals surface area contributed by atoms with Crippen molar-refractivity contribution >= 4 is 41.0 Å². The van der Waals surface area contributed by atoms with Gasteiger partial charge in [0.15, 0.2) is 6.61 Å². The van der Waals surface area contributed by atoms with Gasteiger partial charge in [0.05, 0.1) is 22.6 Å². The van der Waals surface area contributed by atoms with Gasteiger partial charge in [-0.15, -0.1) is 0 Å². The number of hydrogen-bond donors (Lipinski definition) is 2. The van der Waals surface area contributed by atoms with Crippen molar-refractivity contribution < 1.29 is 14.3 Å². The van der Waals surface area contributed by atoms with Crippen LogP contribution in [0.25, 0.3) is 5.65 Å². The van der Waals surface area contributed by atoms with Gasteiger partial charge in [0.2, 0.25) is 0 Å². The molecule has 2 aromatic heterocycles. The lowest BCUT2D eigenvalue weighted by Crippen LogP contribution is -2.20. The molecule has 2 N–H and O–H groups in total. The molecular formula is C24H20ClN5O3.